The lowest BCUT2D eigenvalue weighted by molar-refractivity contribution is -0.131. The van der Waals surface area contributed by atoms with Crippen LogP contribution in [0.3, 0.4) is 0 Å². The lowest BCUT2D eigenvalue weighted by Gasteiger charge is -2.00. The molecular weight excluding hydrogens is 252 g/mol. The predicted octanol–water partition coefficient (Wildman–Crippen LogP) is 3.26. The zero-order valence-corrected chi connectivity index (χ0v) is 11.3. The van der Waals surface area contributed by atoms with Gasteiger partial charge in [0.2, 0.25) is 0 Å². The minimum Gasteiger partial charge on any atom is -0.427 e. The Bertz CT molecular complexity index is 773. The number of ether oxygens (including phenoxy) is 1. The van der Waals surface area contributed by atoms with Crippen molar-refractivity contribution in [2.45, 2.75) is 13.8 Å². The van der Waals surface area contributed by atoms with Crippen molar-refractivity contribution < 1.29 is 9.53 Å². The van der Waals surface area contributed by atoms with E-state index in [0.29, 0.717) is 5.75 Å². The third kappa shape index (κ3) is 2.40. The molecule has 0 unspecified atom stereocenters. The zero-order chi connectivity index (χ0) is 14.1. The number of aryl methyl sites for hydroxylation is 1. The number of hydrogen-bond donors (Lipinski definition) is 0. The number of carbonyl (C=O) groups excluding carboxylic acids is 1. The van der Waals surface area contributed by atoms with Crippen LogP contribution in [0, 0.1) is 6.92 Å². The fraction of sp³-hybridized carbons (Fsp3) is 0.125. The van der Waals surface area contributed by atoms with Gasteiger partial charge in [-0.05, 0) is 37.3 Å². The van der Waals surface area contributed by atoms with Crippen molar-refractivity contribution in [2.75, 3.05) is 0 Å². The largest absolute Gasteiger partial charge is 0.427 e. The van der Waals surface area contributed by atoms with Crippen LogP contribution in [0.15, 0.2) is 48.7 Å². The van der Waals surface area contributed by atoms with E-state index in [9.17, 15) is 4.79 Å². The highest BCUT2D eigenvalue weighted by Crippen LogP contribution is 2.21. The molecule has 0 aliphatic heterocycles. The van der Waals surface area contributed by atoms with Gasteiger partial charge < -0.3 is 4.74 Å². The number of rotatable bonds is 2. The van der Waals surface area contributed by atoms with Gasteiger partial charge in [-0.15, -0.1) is 0 Å². The van der Waals surface area contributed by atoms with Crippen molar-refractivity contribution >= 4 is 16.9 Å². The van der Waals surface area contributed by atoms with Gasteiger partial charge in [-0.25, -0.2) is 4.68 Å². The van der Waals surface area contributed by atoms with Crippen molar-refractivity contribution in [1.82, 2.24) is 9.78 Å². The highest BCUT2D eigenvalue weighted by molar-refractivity contribution is 5.81. The number of carbonyl (C=O) groups is 1. The molecule has 1 heterocycles. The van der Waals surface area contributed by atoms with Gasteiger partial charge in [0.05, 0.1) is 11.2 Å². The summed E-state index contributed by atoms with van der Waals surface area (Å²) in [5, 5.41) is 5.44. The maximum Gasteiger partial charge on any atom is 0.308 e. The highest BCUT2D eigenvalue weighted by Gasteiger charge is 2.05. The van der Waals surface area contributed by atoms with Crippen molar-refractivity contribution in [3.63, 3.8) is 0 Å². The number of fused-ring (bicyclic) bond motifs is 1. The molecule has 0 saturated carbocycles. The Labute approximate surface area is 116 Å². The third-order valence-electron chi connectivity index (χ3n) is 3.04. The average molecular weight is 266 g/mol. The van der Waals surface area contributed by atoms with Crippen molar-refractivity contribution in [3.8, 4) is 11.4 Å². The summed E-state index contributed by atoms with van der Waals surface area (Å²) in [6.45, 7) is 3.44. The van der Waals surface area contributed by atoms with Crippen LogP contribution in [0.2, 0.25) is 0 Å². The molecule has 4 nitrogen and oxygen atoms in total. The first-order chi connectivity index (χ1) is 9.61. The third-order valence-corrected chi connectivity index (χ3v) is 3.04. The molecule has 2 aromatic carbocycles. The van der Waals surface area contributed by atoms with E-state index in [1.807, 2.05) is 47.3 Å². The van der Waals surface area contributed by atoms with E-state index in [0.717, 1.165) is 16.6 Å². The van der Waals surface area contributed by atoms with Crippen LogP contribution < -0.4 is 4.74 Å². The molecule has 1 aromatic heterocycles. The number of hydrogen-bond acceptors (Lipinski definition) is 3. The second-order valence-electron chi connectivity index (χ2n) is 4.72. The summed E-state index contributed by atoms with van der Waals surface area (Å²) < 4.78 is 6.90. The number of esters is 1. The van der Waals surface area contributed by atoms with E-state index in [1.165, 1.54) is 12.5 Å². The van der Waals surface area contributed by atoms with Gasteiger partial charge in [-0.3, -0.25) is 4.79 Å². The van der Waals surface area contributed by atoms with E-state index in [2.05, 4.69) is 12.0 Å². The first kappa shape index (κ1) is 12.4. The number of aromatic nitrogens is 2. The molecule has 100 valence electrons. The Kier molecular flexibility index (Phi) is 2.99. The summed E-state index contributed by atoms with van der Waals surface area (Å²) >= 11 is 0. The quantitative estimate of drug-likeness (QED) is 0.528. The molecule has 0 N–H and O–H groups in total. The minimum absolute atomic E-state index is 0.324. The monoisotopic (exact) mass is 266 g/mol. The van der Waals surface area contributed by atoms with Crippen LogP contribution in [0.5, 0.6) is 5.75 Å². The molecular formula is C16H14N2O2. The fourth-order valence-electron chi connectivity index (χ4n) is 2.06. The van der Waals surface area contributed by atoms with Crippen LogP contribution in [0.4, 0.5) is 0 Å². The van der Waals surface area contributed by atoms with Crippen LogP contribution in [-0.2, 0) is 4.79 Å². The molecule has 0 aliphatic rings. The Morgan fingerprint density at radius 1 is 1.15 bits per heavy atom. The van der Waals surface area contributed by atoms with E-state index < -0.39 is 0 Å². The van der Waals surface area contributed by atoms with E-state index in [-0.39, 0.29) is 5.97 Å². The highest BCUT2D eigenvalue weighted by atomic mass is 16.5. The summed E-state index contributed by atoms with van der Waals surface area (Å²) in [5.74, 6) is 0.212. The van der Waals surface area contributed by atoms with Crippen LogP contribution >= 0.6 is 0 Å². The second-order valence-corrected chi connectivity index (χ2v) is 4.72. The Morgan fingerprint density at radius 2 is 1.90 bits per heavy atom. The normalized spacial score (nSPS) is 10.7. The summed E-state index contributed by atoms with van der Waals surface area (Å²) in [5.41, 5.74) is 3.07. The molecule has 4 heteroatoms. The summed E-state index contributed by atoms with van der Waals surface area (Å²) in [6, 6.07) is 13.5. The molecule has 0 amide bonds. The minimum atomic E-state index is -0.324. The van der Waals surface area contributed by atoms with Gasteiger partial charge >= 0.3 is 5.97 Å². The summed E-state index contributed by atoms with van der Waals surface area (Å²) in [7, 11) is 0. The standard InChI is InChI=1S/C16H14N2O2/c1-11-3-5-14(6-4-11)18-10-13-9-15(20-12(2)19)7-8-16(13)17-18/h3-10H,1-2H3. The zero-order valence-electron chi connectivity index (χ0n) is 11.3. The molecule has 0 spiro atoms. The number of nitrogens with zero attached hydrogens (tertiary/aromatic N) is 2. The van der Waals surface area contributed by atoms with E-state index in [1.54, 1.807) is 6.07 Å². The topological polar surface area (TPSA) is 44.1 Å². The second kappa shape index (κ2) is 4.81. The van der Waals surface area contributed by atoms with Crippen LogP contribution in [0.1, 0.15) is 12.5 Å². The SMILES string of the molecule is CC(=O)Oc1ccc2nn(-c3ccc(C)cc3)cc2c1. The lowest BCUT2D eigenvalue weighted by Crippen LogP contribution is -2.00. The van der Waals surface area contributed by atoms with E-state index >= 15 is 0 Å². The van der Waals surface area contributed by atoms with Gasteiger partial charge in [-0.2, -0.15) is 5.10 Å². The Balaban J connectivity index is 2.01. The Hall–Kier alpha value is -2.62. The molecule has 0 saturated heterocycles. The van der Waals surface area contributed by atoms with Crippen LogP contribution in [-0.4, -0.2) is 15.7 Å². The molecule has 0 radical (unpaired) electrons. The fourth-order valence-corrected chi connectivity index (χ4v) is 2.06. The van der Waals surface area contributed by atoms with Gasteiger partial charge in [0.15, 0.2) is 0 Å². The summed E-state index contributed by atoms with van der Waals surface area (Å²) in [4.78, 5) is 11.0. The molecule has 3 aromatic rings. The first-order valence-corrected chi connectivity index (χ1v) is 6.37. The van der Waals surface area contributed by atoms with Gasteiger partial charge in [0, 0.05) is 18.5 Å². The lowest BCUT2D eigenvalue weighted by atomic mass is 10.2. The average Bonchev–Trinajstić information content (AvgIpc) is 2.81. The summed E-state index contributed by atoms with van der Waals surface area (Å²) in [6.07, 6.45) is 1.92. The first-order valence-electron chi connectivity index (χ1n) is 6.37. The number of benzene rings is 2. The maximum absolute atomic E-state index is 11.0. The van der Waals surface area contributed by atoms with E-state index in [4.69, 9.17) is 4.74 Å². The molecule has 0 atom stereocenters. The van der Waals surface area contributed by atoms with Gasteiger partial charge in [0.25, 0.3) is 0 Å². The van der Waals surface area contributed by atoms with Crippen molar-refractivity contribution in [1.29, 1.82) is 0 Å². The van der Waals surface area contributed by atoms with Crippen molar-refractivity contribution in [2.24, 2.45) is 0 Å². The predicted molar refractivity (Wildman–Crippen MR) is 77.1 cm³/mol. The maximum atomic E-state index is 11.0. The molecule has 0 aliphatic carbocycles. The molecule has 0 fully saturated rings. The molecule has 0 bridgehead atoms. The molecule has 20 heavy (non-hydrogen) atoms. The van der Waals surface area contributed by atoms with Crippen molar-refractivity contribution in [3.05, 3.63) is 54.2 Å². The van der Waals surface area contributed by atoms with Gasteiger partial charge in [-0.1, -0.05) is 17.7 Å². The molecule has 3 rings (SSSR count). The Morgan fingerprint density at radius 3 is 2.60 bits per heavy atom. The smallest absolute Gasteiger partial charge is 0.308 e. The van der Waals surface area contributed by atoms with Gasteiger partial charge in [0.1, 0.15) is 5.75 Å². The van der Waals surface area contributed by atoms with Crippen LogP contribution in [0.25, 0.3) is 16.6 Å².